The third-order valence-corrected chi connectivity index (χ3v) is 4.99. The predicted molar refractivity (Wildman–Crippen MR) is 94.4 cm³/mol. The molecule has 1 aliphatic carbocycles. The monoisotopic (exact) mass is 333 g/mol. The average molecular weight is 333 g/mol. The number of fused-ring (bicyclic) bond motifs is 1. The Labute approximate surface area is 145 Å². The predicted octanol–water partition coefficient (Wildman–Crippen LogP) is 3.20. The molecular weight excluding hydrogens is 314 g/mol. The minimum absolute atomic E-state index is 0.554. The molecule has 1 aromatic carbocycles. The fraction of sp³-hybridized carbons (Fsp3) is 0.368. The molecule has 126 valence electrons. The van der Waals surface area contributed by atoms with Crippen LogP contribution in [0.3, 0.4) is 0 Å². The maximum absolute atomic E-state index is 5.51. The van der Waals surface area contributed by atoms with Gasteiger partial charge in [0.05, 0.1) is 5.69 Å². The molecule has 6 nitrogen and oxygen atoms in total. The quantitative estimate of drug-likeness (QED) is 0.733. The highest BCUT2D eigenvalue weighted by Gasteiger charge is 2.24. The molecular formula is C19H19N5O. The second-order valence-electron chi connectivity index (χ2n) is 6.70. The Morgan fingerprint density at radius 2 is 1.72 bits per heavy atom. The first-order chi connectivity index (χ1) is 12.3. The molecule has 3 heterocycles. The summed E-state index contributed by atoms with van der Waals surface area (Å²) in [5.41, 5.74) is 5.67. The summed E-state index contributed by atoms with van der Waals surface area (Å²) >= 11 is 0. The van der Waals surface area contributed by atoms with Crippen LogP contribution in [0.15, 0.2) is 28.7 Å². The van der Waals surface area contributed by atoms with Crippen LogP contribution in [0.5, 0.6) is 0 Å². The Hall–Kier alpha value is -2.76. The van der Waals surface area contributed by atoms with Crippen LogP contribution in [0.25, 0.3) is 22.7 Å². The van der Waals surface area contributed by atoms with Gasteiger partial charge in [0.25, 0.3) is 0 Å². The highest BCUT2D eigenvalue weighted by atomic mass is 16.4. The van der Waals surface area contributed by atoms with Gasteiger partial charge in [-0.15, -0.1) is 10.2 Å². The van der Waals surface area contributed by atoms with Gasteiger partial charge in [-0.2, -0.15) is 0 Å². The van der Waals surface area contributed by atoms with Gasteiger partial charge in [0.15, 0.2) is 0 Å². The van der Waals surface area contributed by atoms with E-state index in [-0.39, 0.29) is 0 Å². The number of nitrogens with zero attached hydrogens (tertiary/aromatic N) is 5. The number of hydrogen-bond acceptors (Lipinski definition) is 6. The lowest BCUT2D eigenvalue weighted by Gasteiger charge is -2.31. The van der Waals surface area contributed by atoms with Crippen LogP contribution in [0, 0.1) is 6.92 Å². The number of aromatic nitrogens is 4. The zero-order chi connectivity index (χ0) is 16.8. The lowest BCUT2D eigenvalue weighted by atomic mass is 10.0. The van der Waals surface area contributed by atoms with Gasteiger partial charge < -0.3 is 9.32 Å². The highest BCUT2D eigenvalue weighted by molar-refractivity contribution is 5.69. The largest absolute Gasteiger partial charge is 0.421 e. The van der Waals surface area contributed by atoms with Crippen LogP contribution >= 0.6 is 0 Å². The molecule has 2 aromatic heterocycles. The van der Waals surface area contributed by atoms with Crippen molar-refractivity contribution in [1.82, 2.24) is 20.2 Å². The summed E-state index contributed by atoms with van der Waals surface area (Å²) in [5.74, 6) is 2.02. The average Bonchev–Trinajstić information content (AvgIpc) is 3.21. The van der Waals surface area contributed by atoms with Crippen molar-refractivity contribution in [3.63, 3.8) is 0 Å². The van der Waals surface area contributed by atoms with Crippen molar-refractivity contribution in [2.75, 3.05) is 18.0 Å². The summed E-state index contributed by atoms with van der Waals surface area (Å²) in [6, 6.07) is 8.23. The van der Waals surface area contributed by atoms with Gasteiger partial charge in [0.2, 0.25) is 17.7 Å². The summed E-state index contributed by atoms with van der Waals surface area (Å²) in [5, 5.41) is 7.98. The smallest absolute Gasteiger partial charge is 0.247 e. The summed E-state index contributed by atoms with van der Waals surface area (Å²) in [6.45, 7) is 3.92. The summed E-state index contributed by atoms with van der Waals surface area (Å²) in [6.07, 6.45) is 4.52. The number of rotatable bonds is 3. The van der Waals surface area contributed by atoms with Gasteiger partial charge in [-0.25, -0.2) is 9.97 Å². The van der Waals surface area contributed by atoms with Crippen molar-refractivity contribution in [3.8, 4) is 22.7 Å². The molecule has 25 heavy (non-hydrogen) atoms. The van der Waals surface area contributed by atoms with Crippen molar-refractivity contribution >= 4 is 5.95 Å². The molecule has 0 spiro atoms. The van der Waals surface area contributed by atoms with E-state index in [1.807, 2.05) is 12.1 Å². The standard InChI is InChI=1S/C19H19N5O/c1-12-22-23-18(25-12)14-8-6-13(7-9-14)17-15-4-2-5-16(15)20-19(21-17)24-10-3-11-24/h6-9H,2-5,10-11H2,1H3. The number of hydrogen-bond donors (Lipinski definition) is 0. The van der Waals surface area contributed by atoms with Crippen LogP contribution in [0.4, 0.5) is 5.95 Å². The van der Waals surface area contributed by atoms with E-state index in [1.54, 1.807) is 6.92 Å². The van der Waals surface area contributed by atoms with Crippen molar-refractivity contribution in [2.24, 2.45) is 0 Å². The Morgan fingerprint density at radius 1 is 0.920 bits per heavy atom. The van der Waals surface area contributed by atoms with E-state index >= 15 is 0 Å². The molecule has 5 rings (SSSR count). The Balaban J connectivity index is 1.55. The molecule has 0 N–H and O–H groups in total. The maximum atomic E-state index is 5.51. The van der Waals surface area contributed by atoms with E-state index in [9.17, 15) is 0 Å². The molecule has 1 fully saturated rings. The first-order valence-electron chi connectivity index (χ1n) is 8.83. The van der Waals surface area contributed by atoms with Gasteiger partial charge >= 0.3 is 0 Å². The molecule has 0 unspecified atom stereocenters. The summed E-state index contributed by atoms with van der Waals surface area (Å²) < 4.78 is 5.51. The van der Waals surface area contributed by atoms with Gasteiger partial charge in [0, 0.05) is 42.4 Å². The SMILES string of the molecule is Cc1nnc(-c2ccc(-c3nc(N4CCC4)nc4c3CCC4)cc2)o1. The minimum Gasteiger partial charge on any atom is -0.421 e. The van der Waals surface area contributed by atoms with Crippen molar-refractivity contribution in [2.45, 2.75) is 32.6 Å². The third kappa shape index (κ3) is 2.49. The Morgan fingerprint density at radius 3 is 2.40 bits per heavy atom. The van der Waals surface area contributed by atoms with Gasteiger partial charge in [-0.05, 0) is 37.8 Å². The van der Waals surface area contributed by atoms with Crippen LogP contribution in [-0.4, -0.2) is 33.3 Å². The molecule has 0 atom stereocenters. The molecule has 0 amide bonds. The fourth-order valence-electron chi connectivity index (χ4n) is 3.50. The van der Waals surface area contributed by atoms with Crippen LogP contribution in [0.1, 0.15) is 30.0 Å². The number of aryl methyl sites for hydroxylation is 2. The Kier molecular flexibility index (Phi) is 3.29. The molecule has 1 saturated heterocycles. The summed E-state index contributed by atoms with van der Waals surface area (Å²) in [7, 11) is 0. The van der Waals surface area contributed by atoms with E-state index in [1.165, 1.54) is 24.1 Å². The lowest BCUT2D eigenvalue weighted by molar-refractivity contribution is 0.533. The molecule has 0 saturated carbocycles. The second-order valence-corrected chi connectivity index (χ2v) is 6.70. The topological polar surface area (TPSA) is 67.9 Å². The van der Waals surface area contributed by atoms with Gasteiger partial charge in [-0.3, -0.25) is 0 Å². The summed E-state index contributed by atoms with van der Waals surface area (Å²) in [4.78, 5) is 12.0. The normalized spacial score (nSPS) is 16.0. The van der Waals surface area contributed by atoms with Crippen LogP contribution in [0.2, 0.25) is 0 Å². The van der Waals surface area contributed by atoms with E-state index < -0.39 is 0 Å². The number of anilines is 1. The molecule has 6 heteroatoms. The van der Waals surface area contributed by atoms with E-state index in [2.05, 4.69) is 27.2 Å². The molecule has 1 aliphatic heterocycles. The maximum Gasteiger partial charge on any atom is 0.247 e. The van der Waals surface area contributed by atoms with E-state index in [0.717, 1.165) is 48.7 Å². The van der Waals surface area contributed by atoms with Gasteiger partial charge in [0.1, 0.15) is 0 Å². The van der Waals surface area contributed by atoms with Gasteiger partial charge in [-0.1, -0.05) is 12.1 Å². The van der Waals surface area contributed by atoms with Crippen LogP contribution in [-0.2, 0) is 12.8 Å². The minimum atomic E-state index is 0.554. The first kappa shape index (κ1) is 14.6. The molecule has 2 aliphatic rings. The Bertz CT molecular complexity index is 927. The zero-order valence-electron chi connectivity index (χ0n) is 14.2. The first-order valence-corrected chi connectivity index (χ1v) is 8.83. The van der Waals surface area contributed by atoms with Crippen molar-refractivity contribution in [1.29, 1.82) is 0 Å². The molecule has 0 bridgehead atoms. The molecule has 3 aromatic rings. The van der Waals surface area contributed by atoms with Crippen molar-refractivity contribution < 1.29 is 4.42 Å². The fourth-order valence-corrected chi connectivity index (χ4v) is 3.50. The zero-order valence-corrected chi connectivity index (χ0v) is 14.2. The second kappa shape index (κ2) is 5.65. The van der Waals surface area contributed by atoms with Crippen LogP contribution < -0.4 is 4.90 Å². The third-order valence-electron chi connectivity index (χ3n) is 4.99. The number of benzene rings is 1. The molecule has 0 radical (unpaired) electrons. The highest BCUT2D eigenvalue weighted by Crippen LogP contribution is 2.33. The van der Waals surface area contributed by atoms with E-state index in [4.69, 9.17) is 14.4 Å². The van der Waals surface area contributed by atoms with E-state index in [0.29, 0.717) is 11.8 Å². The van der Waals surface area contributed by atoms with Crippen molar-refractivity contribution in [3.05, 3.63) is 41.4 Å². The lowest BCUT2D eigenvalue weighted by Crippen LogP contribution is -2.38.